The fraction of sp³-hybridized carbons (Fsp3) is 1.00. The van der Waals surface area contributed by atoms with E-state index < -0.39 is 0 Å². The molecule has 0 bridgehead atoms. The molecule has 1 rings (SSSR count). The highest BCUT2D eigenvalue weighted by Crippen LogP contribution is 2.12. The Balaban J connectivity index is 2.44. The normalized spacial score (nSPS) is 35.6. The Morgan fingerprint density at radius 2 is 2.12 bits per heavy atom. The molecule has 1 aliphatic rings. The molecule has 1 heterocycles. The average Bonchev–Trinajstić information content (AvgIpc) is 1.82. The molecule has 0 radical (unpaired) electrons. The topological polar surface area (TPSA) is 20.2 Å². The van der Waals surface area contributed by atoms with Gasteiger partial charge in [-0.25, -0.2) is 0 Å². The maximum absolute atomic E-state index is 9.05. The fourth-order valence-electron chi connectivity index (χ4n) is 1.25. The molecule has 1 aliphatic heterocycles. The van der Waals surface area contributed by atoms with Crippen LogP contribution < -0.4 is 0 Å². The number of likely N-dealkylation sites (N-methyl/N-ethyl adjacent to an activating group) is 1. The van der Waals surface area contributed by atoms with Gasteiger partial charge in [-0.05, 0) is 0 Å². The zero-order chi connectivity index (χ0) is 6.20. The van der Waals surface area contributed by atoms with Crippen molar-refractivity contribution < 1.29 is 9.59 Å². The van der Waals surface area contributed by atoms with E-state index in [0.717, 1.165) is 24.0 Å². The fourth-order valence-corrected chi connectivity index (χ4v) is 1.25. The van der Waals surface area contributed by atoms with Crippen molar-refractivity contribution in [1.82, 2.24) is 0 Å². The van der Waals surface area contributed by atoms with Crippen LogP contribution in [0.4, 0.5) is 0 Å². The quantitative estimate of drug-likeness (QED) is 0.436. The molecular weight excluding hydrogens is 102 g/mol. The molecule has 48 valence electrons. The van der Waals surface area contributed by atoms with E-state index in [0.29, 0.717) is 0 Å². The van der Waals surface area contributed by atoms with Crippen LogP contribution in [-0.4, -0.2) is 42.9 Å². The lowest BCUT2D eigenvalue weighted by molar-refractivity contribution is -0.879. The Morgan fingerprint density at radius 1 is 1.50 bits per heavy atom. The summed E-state index contributed by atoms with van der Waals surface area (Å²) in [7, 11) is 4.30. The van der Waals surface area contributed by atoms with E-state index in [4.69, 9.17) is 5.11 Å². The minimum atomic E-state index is -0.0370. The second kappa shape index (κ2) is 1.71. The van der Waals surface area contributed by atoms with Crippen LogP contribution in [-0.2, 0) is 0 Å². The Labute approximate surface area is 50.3 Å². The highest BCUT2D eigenvalue weighted by molar-refractivity contribution is 4.60. The summed E-state index contributed by atoms with van der Waals surface area (Å²) in [6, 6.07) is 0. The first kappa shape index (κ1) is 6.05. The first-order valence-corrected chi connectivity index (χ1v) is 3.10. The van der Waals surface area contributed by atoms with Gasteiger partial charge in [0.1, 0.15) is 12.6 Å². The molecule has 1 atom stereocenters. The van der Waals surface area contributed by atoms with Crippen molar-refractivity contribution in [2.24, 2.45) is 0 Å². The molecule has 0 aromatic heterocycles. The Morgan fingerprint density at radius 3 is 2.25 bits per heavy atom. The van der Waals surface area contributed by atoms with Crippen LogP contribution in [0.1, 0.15) is 6.42 Å². The molecule has 0 unspecified atom stereocenters. The number of aliphatic hydroxyl groups is 1. The van der Waals surface area contributed by atoms with Crippen LogP contribution in [0.2, 0.25) is 0 Å². The molecule has 0 spiro atoms. The van der Waals surface area contributed by atoms with Gasteiger partial charge in [0.25, 0.3) is 0 Å². The summed E-state index contributed by atoms with van der Waals surface area (Å²) in [4.78, 5) is 0. The Kier molecular flexibility index (Phi) is 1.29. The summed E-state index contributed by atoms with van der Waals surface area (Å²) in [5.41, 5.74) is 0. The lowest BCUT2D eigenvalue weighted by Crippen LogP contribution is -2.37. The minimum Gasteiger partial charge on any atom is -0.387 e. The number of hydrogen-bond acceptors (Lipinski definition) is 1. The lowest BCUT2D eigenvalue weighted by atomic mass is 10.3. The lowest BCUT2D eigenvalue weighted by Gasteiger charge is -2.22. The molecule has 1 fully saturated rings. The van der Waals surface area contributed by atoms with E-state index in [1.165, 1.54) is 0 Å². The van der Waals surface area contributed by atoms with Crippen molar-refractivity contribution in [1.29, 1.82) is 0 Å². The van der Waals surface area contributed by atoms with Gasteiger partial charge in [0.05, 0.1) is 20.6 Å². The number of likely N-dealkylation sites (tertiary alicyclic amines) is 1. The molecule has 0 amide bonds. The smallest absolute Gasteiger partial charge is 0.108 e. The number of nitrogens with zero attached hydrogens (tertiary/aromatic N) is 1. The second-order valence-corrected chi connectivity index (χ2v) is 3.28. The summed E-state index contributed by atoms with van der Waals surface area (Å²) in [5.74, 6) is 0. The van der Waals surface area contributed by atoms with Gasteiger partial charge in [-0.2, -0.15) is 0 Å². The summed E-state index contributed by atoms with van der Waals surface area (Å²) in [5, 5.41) is 9.05. The van der Waals surface area contributed by atoms with Crippen molar-refractivity contribution in [3.8, 4) is 0 Å². The molecule has 2 heteroatoms. The summed E-state index contributed by atoms with van der Waals surface area (Å²) in [6.45, 7) is 2.06. The zero-order valence-corrected chi connectivity index (χ0v) is 5.59. The highest BCUT2D eigenvalue weighted by Gasteiger charge is 2.28. The van der Waals surface area contributed by atoms with Crippen LogP contribution in [0.3, 0.4) is 0 Å². The number of aliphatic hydroxyl groups excluding tert-OH is 1. The van der Waals surface area contributed by atoms with E-state index in [1.54, 1.807) is 0 Å². The van der Waals surface area contributed by atoms with Crippen molar-refractivity contribution in [3.05, 3.63) is 0 Å². The predicted molar refractivity (Wildman–Crippen MR) is 32.5 cm³/mol. The summed E-state index contributed by atoms with van der Waals surface area (Å²) >= 11 is 0. The average molecular weight is 116 g/mol. The van der Waals surface area contributed by atoms with Crippen molar-refractivity contribution in [2.45, 2.75) is 12.5 Å². The van der Waals surface area contributed by atoms with Gasteiger partial charge in [-0.1, -0.05) is 0 Å². The molecule has 2 nitrogen and oxygen atoms in total. The number of rotatable bonds is 0. The van der Waals surface area contributed by atoms with E-state index in [-0.39, 0.29) is 6.10 Å². The van der Waals surface area contributed by atoms with Gasteiger partial charge >= 0.3 is 0 Å². The number of hydrogen-bond donors (Lipinski definition) is 1. The highest BCUT2D eigenvalue weighted by atomic mass is 16.3. The maximum atomic E-state index is 9.05. The summed E-state index contributed by atoms with van der Waals surface area (Å²) in [6.07, 6.45) is 0.942. The van der Waals surface area contributed by atoms with Gasteiger partial charge < -0.3 is 9.59 Å². The molecule has 8 heavy (non-hydrogen) atoms. The van der Waals surface area contributed by atoms with Gasteiger partial charge in [0.2, 0.25) is 0 Å². The number of quaternary nitrogens is 1. The van der Waals surface area contributed by atoms with Crippen molar-refractivity contribution in [3.63, 3.8) is 0 Å². The van der Waals surface area contributed by atoms with Gasteiger partial charge in [0.15, 0.2) is 0 Å². The maximum Gasteiger partial charge on any atom is 0.108 e. The Bertz CT molecular complexity index is 90.5. The third-order valence-corrected chi connectivity index (χ3v) is 1.77. The van der Waals surface area contributed by atoms with E-state index in [9.17, 15) is 0 Å². The molecule has 1 saturated heterocycles. The monoisotopic (exact) mass is 116 g/mol. The van der Waals surface area contributed by atoms with Crippen LogP contribution in [0.5, 0.6) is 0 Å². The minimum absolute atomic E-state index is 0.0370. The first-order chi connectivity index (χ1) is 3.60. The predicted octanol–water partition coefficient (Wildman–Crippen LogP) is -0.173. The van der Waals surface area contributed by atoms with Crippen LogP contribution in [0.15, 0.2) is 0 Å². The van der Waals surface area contributed by atoms with E-state index >= 15 is 0 Å². The Hall–Kier alpha value is -0.0800. The molecule has 0 aromatic rings. The summed E-state index contributed by atoms with van der Waals surface area (Å²) < 4.78 is 0.987. The molecule has 0 aliphatic carbocycles. The first-order valence-electron chi connectivity index (χ1n) is 3.10. The van der Waals surface area contributed by atoms with Crippen molar-refractivity contribution >= 4 is 0 Å². The van der Waals surface area contributed by atoms with Crippen molar-refractivity contribution in [2.75, 3.05) is 27.2 Å². The van der Waals surface area contributed by atoms with Crippen LogP contribution >= 0.6 is 0 Å². The molecule has 1 N–H and O–H groups in total. The van der Waals surface area contributed by atoms with Gasteiger partial charge in [-0.3, -0.25) is 0 Å². The third-order valence-electron chi connectivity index (χ3n) is 1.77. The van der Waals surface area contributed by atoms with E-state index in [2.05, 4.69) is 14.1 Å². The van der Waals surface area contributed by atoms with E-state index in [1.807, 2.05) is 0 Å². The second-order valence-electron chi connectivity index (χ2n) is 3.28. The zero-order valence-electron chi connectivity index (χ0n) is 5.59. The van der Waals surface area contributed by atoms with Crippen LogP contribution in [0.25, 0.3) is 0 Å². The standard InChI is InChI=1S/C6H14NO/c1-7(2)4-3-6(8)5-7/h6,8H,3-5H2,1-2H3/q+1/t6-/m1/s1. The SMILES string of the molecule is C[N+]1(C)CC[C@@H](O)C1. The largest absolute Gasteiger partial charge is 0.387 e. The molecule has 0 aromatic carbocycles. The molecule has 0 saturated carbocycles. The third kappa shape index (κ3) is 1.20. The van der Waals surface area contributed by atoms with Gasteiger partial charge in [0, 0.05) is 6.42 Å². The molecular formula is C6H14NO+. The van der Waals surface area contributed by atoms with Crippen LogP contribution in [0, 0.1) is 0 Å². The van der Waals surface area contributed by atoms with Gasteiger partial charge in [-0.15, -0.1) is 0 Å².